The molecule has 4 heteroatoms. The predicted molar refractivity (Wildman–Crippen MR) is 101 cm³/mol. The topological polar surface area (TPSA) is 36.1 Å². The van der Waals surface area contributed by atoms with E-state index in [-0.39, 0.29) is 4.87 Å². The fraction of sp³-hybridized carbons (Fsp3) is 0.550. The van der Waals surface area contributed by atoms with Crippen LogP contribution in [0.3, 0.4) is 0 Å². The van der Waals surface area contributed by atoms with Gasteiger partial charge in [0.15, 0.2) is 0 Å². The second-order valence-electron chi connectivity index (χ2n) is 7.32. The average molecular weight is 343 g/mol. The zero-order chi connectivity index (χ0) is 16.5. The molecule has 1 aliphatic carbocycles. The van der Waals surface area contributed by atoms with Gasteiger partial charge in [-0.1, -0.05) is 29.9 Å². The fourth-order valence-corrected chi connectivity index (χ4v) is 5.05. The third-order valence-corrected chi connectivity index (χ3v) is 6.51. The van der Waals surface area contributed by atoms with Crippen LogP contribution in [-0.2, 0) is 19.4 Å². The molecule has 0 spiro atoms. The zero-order valence-electron chi connectivity index (χ0n) is 14.4. The van der Waals surface area contributed by atoms with Gasteiger partial charge in [-0.25, -0.2) is 0 Å². The van der Waals surface area contributed by atoms with Gasteiger partial charge in [-0.15, -0.1) is 0 Å². The number of aromatic nitrogens is 1. The summed E-state index contributed by atoms with van der Waals surface area (Å²) in [6.07, 6.45) is 8.85. The van der Waals surface area contributed by atoms with Crippen LogP contribution in [0.2, 0.25) is 0 Å². The number of likely N-dealkylation sites (tertiary alicyclic amines) is 1. The quantitative estimate of drug-likeness (QED) is 0.900. The number of rotatable bonds is 3. The summed E-state index contributed by atoms with van der Waals surface area (Å²) in [7, 11) is 0. The van der Waals surface area contributed by atoms with Crippen LogP contribution in [0.5, 0.6) is 0 Å². The molecule has 1 saturated heterocycles. The number of hydrogen-bond donors (Lipinski definition) is 1. The summed E-state index contributed by atoms with van der Waals surface area (Å²) in [5.74, 6) is 0. The monoisotopic (exact) mass is 342 g/mol. The molecule has 1 aliphatic heterocycles. The number of aryl methyl sites for hydroxylation is 2. The van der Waals surface area contributed by atoms with Gasteiger partial charge in [0.1, 0.15) is 0 Å². The number of benzene rings is 1. The predicted octanol–water partition coefficient (Wildman–Crippen LogP) is 4.36. The summed E-state index contributed by atoms with van der Waals surface area (Å²) in [6.45, 7) is 4.36. The molecule has 1 aromatic carbocycles. The van der Waals surface area contributed by atoms with E-state index in [2.05, 4.69) is 35.0 Å². The van der Waals surface area contributed by atoms with E-state index in [1.54, 1.807) is 0 Å². The van der Waals surface area contributed by atoms with E-state index < -0.39 is 0 Å². The number of fused-ring (bicyclic) bond motifs is 1. The van der Waals surface area contributed by atoms with Crippen LogP contribution < -0.4 is 4.87 Å². The largest absolute Gasteiger partial charge is 0.312 e. The van der Waals surface area contributed by atoms with Crippen LogP contribution in [0.1, 0.15) is 55.0 Å². The molecular formula is C20H26N2OS. The van der Waals surface area contributed by atoms with Crippen molar-refractivity contribution in [2.75, 3.05) is 6.54 Å². The Morgan fingerprint density at radius 3 is 2.83 bits per heavy atom. The summed E-state index contributed by atoms with van der Waals surface area (Å²) in [5.41, 5.74) is 5.21. The molecule has 0 amide bonds. The van der Waals surface area contributed by atoms with E-state index in [1.807, 2.05) is 0 Å². The first kappa shape index (κ1) is 16.1. The van der Waals surface area contributed by atoms with Crippen molar-refractivity contribution in [3.05, 3.63) is 43.9 Å². The second kappa shape index (κ2) is 6.85. The van der Waals surface area contributed by atoms with Crippen LogP contribution in [0, 0.1) is 0 Å². The summed E-state index contributed by atoms with van der Waals surface area (Å²) >= 11 is 1.39. The van der Waals surface area contributed by atoms with Crippen LogP contribution in [0.15, 0.2) is 23.0 Å². The summed E-state index contributed by atoms with van der Waals surface area (Å²) < 4.78 is 0. The maximum absolute atomic E-state index is 12.0. The number of aromatic amines is 1. The zero-order valence-corrected chi connectivity index (χ0v) is 15.3. The second-order valence-corrected chi connectivity index (χ2v) is 8.39. The number of H-pyrrole nitrogens is 1. The molecule has 1 unspecified atom stereocenters. The molecule has 0 radical (unpaired) electrons. The van der Waals surface area contributed by atoms with Gasteiger partial charge >= 0.3 is 4.87 Å². The number of thiazole rings is 1. The minimum atomic E-state index is 0.0717. The number of piperidine rings is 1. The van der Waals surface area contributed by atoms with Crippen molar-refractivity contribution in [2.45, 2.75) is 64.5 Å². The average Bonchev–Trinajstić information content (AvgIpc) is 2.97. The lowest BCUT2D eigenvalue weighted by Crippen LogP contribution is -2.36. The van der Waals surface area contributed by atoms with E-state index in [0.29, 0.717) is 6.04 Å². The first-order valence-electron chi connectivity index (χ1n) is 9.29. The first-order chi connectivity index (χ1) is 11.7. The molecule has 4 rings (SSSR count). The highest BCUT2D eigenvalue weighted by molar-refractivity contribution is 7.09. The van der Waals surface area contributed by atoms with E-state index in [4.69, 9.17) is 0 Å². The van der Waals surface area contributed by atoms with E-state index >= 15 is 0 Å². The van der Waals surface area contributed by atoms with E-state index in [0.717, 1.165) is 18.8 Å². The molecule has 24 heavy (non-hydrogen) atoms. The van der Waals surface area contributed by atoms with Crippen molar-refractivity contribution in [1.29, 1.82) is 0 Å². The maximum Gasteiger partial charge on any atom is 0.305 e. The van der Waals surface area contributed by atoms with Crippen molar-refractivity contribution < 1.29 is 0 Å². The highest BCUT2D eigenvalue weighted by Crippen LogP contribution is 2.30. The first-order valence-corrected chi connectivity index (χ1v) is 10.1. The van der Waals surface area contributed by atoms with Gasteiger partial charge < -0.3 is 4.98 Å². The molecular weight excluding hydrogens is 316 g/mol. The van der Waals surface area contributed by atoms with Crippen LogP contribution in [0.25, 0.3) is 11.3 Å². The molecule has 1 aromatic heterocycles. The third-order valence-electron chi connectivity index (χ3n) is 5.65. The molecule has 2 aromatic rings. The molecule has 3 nitrogen and oxygen atoms in total. The molecule has 1 atom stereocenters. The van der Waals surface area contributed by atoms with Gasteiger partial charge in [0.2, 0.25) is 0 Å². The van der Waals surface area contributed by atoms with E-state index in [1.165, 1.54) is 77.9 Å². The SMILES string of the molecule is CC1CCCCN1Cc1sc(=O)[nH]c1-c1ccc2c(c1)CCCC2. The Kier molecular flexibility index (Phi) is 4.59. The Morgan fingerprint density at radius 1 is 1.17 bits per heavy atom. The van der Waals surface area contributed by atoms with Crippen LogP contribution >= 0.6 is 11.3 Å². The molecule has 0 bridgehead atoms. The summed E-state index contributed by atoms with van der Waals surface area (Å²) in [6, 6.07) is 7.40. The summed E-state index contributed by atoms with van der Waals surface area (Å²) in [4.78, 5) is 19.0. The Hall–Kier alpha value is -1.39. The smallest absolute Gasteiger partial charge is 0.305 e. The van der Waals surface area contributed by atoms with Gasteiger partial charge in [0.25, 0.3) is 0 Å². The number of nitrogens with one attached hydrogen (secondary N) is 1. The lowest BCUT2D eigenvalue weighted by molar-refractivity contribution is 0.154. The van der Waals surface area contributed by atoms with Crippen molar-refractivity contribution in [3.63, 3.8) is 0 Å². The van der Waals surface area contributed by atoms with Gasteiger partial charge in [-0.2, -0.15) is 0 Å². The van der Waals surface area contributed by atoms with Crippen LogP contribution in [-0.4, -0.2) is 22.5 Å². The maximum atomic E-state index is 12.0. The van der Waals surface area contributed by atoms with Crippen molar-refractivity contribution in [1.82, 2.24) is 9.88 Å². The van der Waals surface area contributed by atoms with Gasteiger partial charge in [0, 0.05) is 17.5 Å². The highest BCUT2D eigenvalue weighted by atomic mass is 32.1. The Bertz CT molecular complexity index is 776. The summed E-state index contributed by atoms with van der Waals surface area (Å²) in [5, 5.41) is 0. The molecule has 2 heterocycles. The fourth-order valence-electron chi connectivity index (χ4n) is 4.17. The lowest BCUT2D eigenvalue weighted by atomic mass is 9.90. The van der Waals surface area contributed by atoms with Gasteiger partial charge in [0.05, 0.1) is 5.69 Å². The number of nitrogens with zero attached hydrogens (tertiary/aromatic N) is 1. The molecule has 0 saturated carbocycles. The minimum absolute atomic E-state index is 0.0717. The normalized spacial score (nSPS) is 21.6. The Labute approximate surface area is 147 Å². The van der Waals surface area contributed by atoms with Crippen LogP contribution in [0.4, 0.5) is 0 Å². The third kappa shape index (κ3) is 3.22. The molecule has 1 N–H and O–H groups in total. The lowest BCUT2D eigenvalue weighted by Gasteiger charge is -2.33. The number of hydrogen-bond acceptors (Lipinski definition) is 3. The van der Waals surface area contributed by atoms with Crippen molar-refractivity contribution in [3.8, 4) is 11.3 Å². The van der Waals surface area contributed by atoms with Gasteiger partial charge in [-0.05, 0) is 74.8 Å². The van der Waals surface area contributed by atoms with Crippen molar-refractivity contribution >= 4 is 11.3 Å². The molecule has 128 valence electrons. The molecule has 2 aliphatic rings. The standard InChI is InChI=1S/C20H26N2OS/c1-14-6-4-5-11-22(14)13-18-19(21-20(23)24-18)17-10-9-15-7-2-3-8-16(15)12-17/h9-10,12,14H,2-8,11,13H2,1H3,(H,21,23). The molecule has 1 fully saturated rings. The van der Waals surface area contributed by atoms with Crippen molar-refractivity contribution in [2.24, 2.45) is 0 Å². The van der Waals surface area contributed by atoms with E-state index in [9.17, 15) is 4.79 Å². The van der Waals surface area contributed by atoms with Gasteiger partial charge in [-0.3, -0.25) is 9.69 Å². The Balaban J connectivity index is 1.65. The highest BCUT2D eigenvalue weighted by Gasteiger charge is 2.21. The Morgan fingerprint density at radius 2 is 2.00 bits per heavy atom. The minimum Gasteiger partial charge on any atom is -0.312 e.